The maximum absolute atomic E-state index is 12.1. The van der Waals surface area contributed by atoms with Gasteiger partial charge in [-0.1, -0.05) is 13.3 Å². The molecule has 6 nitrogen and oxygen atoms in total. The third-order valence-electron chi connectivity index (χ3n) is 2.97. The van der Waals surface area contributed by atoms with E-state index in [0.29, 0.717) is 13.1 Å². The Hall–Kier alpha value is -1.82. The van der Waals surface area contributed by atoms with Crippen LogP contribution >= 0.6 is 0 Å². The van der Waals surface area contributed by atoms with Gasteiger partial charge in [0.15, 0.2) is 12.4 Å². The van der Waals surface area contributed by atoms with Crippen molar-refractivity contribution in [3.63, 3.8) is 0 Å². The first-order valence-electron chi connectivity index (χ1n) is 6.90. The first kappa shape index (κ1) is 16.2. The topological polar surface area (TPSA) is 86.3 Å². The Balaban J connectivity index is 2.60. The molecular weight excluding hydrogens is 258 g/mol. The second-order valence-corrected chi connectivity index (χ2v) is 4.66. The lowest BCUT2D eigenvalue weighted by atomic mass is 10.3. The molecule has 0 radical (unpaired) electrons. The molecule has 1 atom stereocenters. The van der Waals surface area contributed by atoms with Crippen molar-refractivity contribution in [3.05, 3.63) is 28.7 Å². The van der Waals surface area contributed by atoms with E-state index in [-0.39, 0.29) is 29.9 Å². The van der Waals surface area contributed by atoms with Crippen LogP contribution in [0.1, 0.15) is 32.7 Å². The van der Waals surface area contributed by atoms with E-state index in [9.17, 15) is 9.59 Å². The second-order valence-electron chi connectivity index (χ2n) is 4.66. The normalized spacial score (nSPS) is 11.9. The van der Waals surface area contributed by atoms with E-state index in [0.717, 1.165) is 12.8 Å². The minimum atomic E-state index is -0.271. The summed E-state index contributed by atoms with van der Waals surface area (Å²) in [7, 11) is 0. The van der Waals surface area contributed by atoms with E-state index in [1.807, 2.05) is 13.8 Å². The van der Waals surface area contributed by atoms with Crippen molar-refractivity contribution < 1.29 is 9.53 Å². The lowest BCUT2D eigenvalue weighted by Crippen LogP contribution is -2.32. The summed E-state index contributed by atoms with van der Waals surface area (Å²) in [6.45, 7) is 4.74. The molecule has 1 amide bonds. The first-order valence-corrected chi connectivity index (χ1v) is 6.90. The highest BCUT2D eigenvalue weighted by Crippen LogP contribution is 2.06. The highest BCUT2D eigenvalue weighted by atomic mass is 16.5. The summed E-state index contributed by atoms with van der Waals surface area (Å²) in [4.78, 5) is 23.6. The van der Waals surface area contributed by atoms with Gasteiger partial charge in [0.1, 0.15) is 0 Å². The van der Waals surface area contributed by atoms with Crippen LogP contribution in [0.5, 0.6) is 5.75 Å². The summed E-state index contributed by atoms with van der Waals surface area (Å²) in [5.74, 6) is -0.0569. The van der Waals surface area contributed by atoms with E-state index in [1.165, 1.54) is 4.57 Å². The molecule has 0 spiro atoms. The van der Waals surface area contributed by atoms with Crippen LogP contribution in [-0.4, -0.2) is 30.2 Å². The highest BCUT2D eigenvalue weighted by Gasteiger charge is 2.10. The van der Waals surface area contributed by atoms with E-state index in [1.54, 1.807) is 18.3 Å². The molecule has 6 heteroatoms. The van der Waals surface area contributed by atoms with Crippen LogP contribution in [0.3, 0.4) is 0 Å². The molecule has 20 heavy (non-hydrogen) atoms. The van der Waals surface area contributed by atoms with Crippen molar-refractivity contribution in [2.75, 3.05) is 19.7 Å². The summed E-state index contributed by atoms with van der Waals surface area (Å²) < 4.78 is 6.78. The molecule has 1 heterocycles. The van der Waals surface area contributed by atoms with Gasteiger partial charge in [0.25, 0.3) is 11.5 Å². The first-order chi connectivity index (χ1) is 9.60. The molecule has 3 N–H and O–H groups in total. The van der Waals surface area contributed by atoms with Crippen LogP contribution in [-0.2, 0) is 4.79 Å². The Morgan fingerprint density at radius 2 is 2.30 bits per heavy atom. The number of unbranched alkanes of at least 4 members (excludes halogenated alkanes) is 1. The molecule has 0 aliphatic rings. The zero-order valence-electron chi connectivity index (χ0n) is 12.1. The Bertz CT molecular complexity index is 485. The van der Waals surface area contributed by atoms with Crippen molar-refractivity contribution in [1.82, 2.24) is 9.88 Å². The van der Waals surface area contributed by atoms with Gasteiger partial charge < -0.3 is 20.4 Å². The minimum Gasteiger partial charge on any atom is -0.478 e. The van der Waals surface area contributed by atoms with Crippen molar-refractivity contribution in [1.29, 1.82) is 0 Å². The number of nitrogens with two attached hydrogens (primary N) is 1. The summed E-state index contributed by atoms with van der Waals surface area (Å²) >= 11 is 0. The van der Waals surface area contributed by atoms with Crippen molar-refractivity contribution in [2.24, 2.45) is 5.73 Å². The number of hydrogen-bond donors (Lipinski definition) is 2. The number of nitrogens with zero attached hydrogens (tertiary/aromatic N) is 1. The number of rotatable bonds is 8. The van der Waals surface area contributed by atoms with E-state index in [4.69, 9.17) is 10.5 Å². The number of nitrogens with one attached hydrogen (secondary N) is 1. The van der Waals surface area contributed by atoms with Crippen LogP contribution in [0, 0.1) is 0 Å². The fourth-order valence-electron chi connectivity index (χ4n) is 1.66. The monoisotopic (exact) mass is 281 g/mol. The Morgan fingerprint density at radius 3 is 2.95 bits per heavy atom. The number of carbonyl (C=O) groups is 1. The molecule has 0 aromatic carbocycles. The summed E-state index contributed by atoms with van der Waals surface area (Å²) in [5, 5.41) is 2.73. The van der Waals surface area contributed by atoms with Crippen LogP contribution in [0.4, 0.5) is 0 Å². The van der Waals surface area contributed by atoms with Crippen LogP contribution in [0.25, 0.3) is 0 Å². The number of carbonyl (C=O) groups excluding carboxylic acids is 1. The van der Waals surface area contributed by atoms with Gasteiger partial charge in [-0.3, -0.25) is 9.59 Å². The molecule has 0 aliphatic heterocycles. The molecule has 1 aromatic heterocycles. The van der Waals surface area contributed by atoms with Gasteiger partial charge in [-0.15, -0.1) is 0 Å². The Labute approximate surface area is 118 Å². The predicted molar refractivity (Wildman–Crippen MR) is 77.9 cm³/mol. The average molecular weight is 281 g/mol. The van der Waals surface area contributed by atoms with E-state index in [2.05, 4.69) is 5.32 Å². The molecule has 112 valence electrons. The SMILES string of the molecule is CCCCNC(=O)COc1cccn(C(C)CN)c1=O. The predicted octanol–water partition coefficient (Wildman–Crippen LogP) is 0.663. The summed E-state index contributed by atoms with van der Waals surface area (Å²) in [6, 6.07) is 3.16. The van der Waals surface area contributed by atoms with Crippen LogP contribution in [0.2, 0.25) is 0 Å². The molecule has 0 saturated heterocycles. The summed E-state index contributed by atoms with van der Waals surface area (Å²) in [5.41, 5.74) is 5.28. The van der Waals surface area contributed by atoms with Crippen molar-refractivity contribution in [2.45, 2.75) is 32.7 Å². The highest BCUT2D eigenvalue weighted by molar-refractivity contribution is 5.77. The van der Waals surface area contributed by atoms with Gasteiger partial charge >= 0.3 is 0 Å². The number of pyridine rings is 1. The molecule has 0 bridgehead atoms. The largest absolute Gasteiger partial charge is 0.478 e. The number of hydrogen-bond acceptors (Lipinski definition) is 4. The van der Waals surface area contributed by atoms with Crippen LogP contribution < -0.4 is 21.3 Å². The van der Waals surface area contributed by atoms with Gasteiger partial charge in [0.05, 0.1) is 0 Å². The molecule has 1 aromatic rings. The molecule has 0 fully saturated rings. The van der Waals surface area contributed by atoms with Crippen molar-refractivity contribution in [3.8, 4) is 5.75 Å². The molecular formula is C14H23N3O3. The molecule has 1 rings (SSSR count). The van der Waals surface area contributed by atoms with E-state index >= 15 is 0 Å². The average Bonchev–Trinajstić information content (AvgIpc) is 2.45. The van der Waals surface area contributed by atoms with Gasteiger partial charge in [-0.05, 0) is 25.5 Å². The van der Waals surface area contributed by atoms with E-state index < -0.39 is 0 Å². The Kier molecular flexibility index (Phi) is 6.79. The maximum Gasteiger partial charge on any atom is 0.293 e. The number of amides is 1. The number of aromatic nitrogens is 1. The van der Waals surface area contributed by atoms with Gasteiger partial charge in [0.2, 0.25) is 0 Å². The number of ether oxygens (including phenoxy) is 1. The van der Waals surface area contributed by atoms with Gasteiger partial charge in [0, 0.05) is 25.3 Å². The zero-order chi connectivity index (χ0) is 15.0. The van der Waals surface area contributed by atoms with Crippen molar-refractivity contribution >= 4 is 5.91 Å². The smallest absolute Gasteiger partial charge is 0.293 e. The maximum atomic E-state index is 12.1. The zero-order valence-corrected chi connectivity index (χ0v) is 12.1. The van der Waals surface area contributed by atoms with Gasteiger partial charge in [-0.2, -0.15) is 0 Å². The third-order valence-corrected chi connectivity index (χ3v) is 2.97. The standard InChI is InChI=1S/C14H23N3O3/c1-3-4-7-16-13(18)10-20-12-6-5-8-17(14(12)19)11(2)9-15/h5-6,8,11H,3-4,7,9-10,15H2,1-2H3,(H,16,18). The Morgan fingerprint density at radius 1 is 1.55 bits per heavy atom. The lowest BCUT2D eigenvalue weighted by molar-refractivity contribution is -0.123. The quantitative estimate of drug-likeness (QED) is 0.685. The second kappa shape index (κ2) is 8.37. The third kappa shape index (κ3) is 4.70. The lowest BCUT2D eigenvalue weighted by Gasteiger charge is -2.14. The molecule has 1 unspecified atom stereocenters. The fourth-order valence-corrected chi connectivity index (χ4v) is 1.66. The fraction of sp³-hybridized carbons (Fsp3) is 0.571. The molecule has 0 aliphatic carbocycles. The molecule has 0 saturated carbocycles. The summed E-state index contributed by atoms with van der Waals surface area (Å²) in [6.07, 6.45) is 3.60. The van der Waals surface area contributed by atoms with Crippen LogP contribution in [0.15, 0.2) is 23.1 Å². The minimum absolute atomic E-state index is 0.107. The van der Waals surface area contributed by atoms with Gasteiger partial charge in [-0.25, -0.2) is 0 Å².